The Hall–Kier alpha value is -3.38. The molecule has 1 aliphatic rings. The first-order valence-electron chi connectivity index (χ1n) is 6.55. The molecule has 1 saturated heterocycles. The van der Waals surface area contributed by atoms with Gasteiger partial charge in [-0.15, -0.1) is 5.06 Å². The lowest BCUT2D eigenvalue weighted by molar-refractivity contribution is -0.387. The number of nitrogens with zero attached hydrogens (tertiary/aromatic N) is 2. The zero-order valence-electron chi connectivity index (χ0n) is 12.2. The number of nitro groups is 1. The van der Waals surface area contributed by atoms with Crippen LogP contribution in [0.3, 0.4) is 0 Å². The van der Waals surface area contributed by atoms with Crippen molar-refractivity contribution in [3.05, 3.63) is 27.6 Å². The minimum absolute atomic E-state index is 0.167. The Morgan fingerprint density at radius 1 is 1.20 bits per heavy atom. The molecule has 0 saturated carbocycles. The van der Waals surface area contributed by atoms with Gasteiger partial charge in [0.25, 0.3) is 11.8 Å². The highest BCUT2D eigenvalue weighted by molar-refractivity contribution is 6.01. The largest absolute Gasteiger partial charge is 0.394 e. The van der Waals surface area contributed by atoms with E-state index in [2.05, 4.69) is 4.84 Å². The quantitative estimate of drug-likeness (QED) is 0.255. The molecule has 0 atom stereocenters. The Bertz CT molecular complexity index is 784. The lowest BCUT2D eigenvalue weighted by Crippen LogP contribution is -2.34. The Morgan fingerprint density at radius 2 is 1.76 bits per heavy atom. The van der Waals surface area contributed by atoms with E-state index >= 15 is 0 Å². The number of carbonyl (C=O) groups is 3. The Kier molecular flexibility index (Phi) is 4.76. The van der Waals surface area contributed by atoms with Gasteiger partial charge in [-0.1, -0.05) is 0 Å². The molecule has 25 heavy (non-hydrogen) atoms. The van der Waals surface area contributed by atoms with Gasteiger partial charge < -0.3 is 15.9 Å². The van der Waals surface area contributed by atoms with Gasteiger partial charge in [0.2, 0.25) is 5.82 Å². The number of nitrogens with two attached hydrogens (primary N) is 1. The number of hydrogen-bond donors (Lipinski definition) is 2. The van der Waals surface area contributed by atoms with Gasteiger partial charge in [-0.2, -0.15) is 4.39 Å². The van der Waals surface area contributed by atoms with Gasteiger partial charge in [0.05, 0.1) is 4.92 Å². The van der Waals surface area contributed by atoms with E-state index in [-0.39, 0.29) is 17.9 Å². The van der Waals surface area contributed by atoms with Gasteiger partial charge in [0, 0.05) is 12.8 Å². The van der Waals surface area contributed by atoms with Crippen LogP contribution in [0.4, 0.5) is 30.2 Å². The van der Waals surface area contributed by atoms with Crippen LogP contribution < -0.4 is 11.1 Å². The monoisotopic (exact) mass is 362 g/mol. The van der Waals surface area contributed by atoms with E-state index in [4.69, 9.17) is 5.73 Å². The molecule has 1 fully saturated rings. The summed E-state index contributed by atoms with van der Waals surface area (Å²) in [7, 11) is 0. The number of hydroxylamine groups is 2. The fourth-order valence-corrected chi connectivity index (χ4v) is 1.95. The third-order valence-corrected chi connectivity index (χ3v) is 3.12. The van der Waals surface area contributed by atoms with Gasteiger partial charge >= 0.3 is 11.7 Å². The van der Waals surface area contributed by atoms with Crippen LogP contribution in [0.5, 0.6) is 0 Å². The number of nitrogens with one attached hydrogen (secondary N) is 1. The molecule has 3 N–H and O–H groups in total. The minimum atomic E-state index is -2.02. The van der Waals surface area contributed by atoms with Crippen LogP contribution in [0.2, 0.25) is 0 Å². The maximum Gasteiger partial charge on any atom is 0.352 e. The van der Waals surface area contributed by atoms with Crippen LogP contribution in [0.1, 0.15) is 12.8 Å². The second-order valence-corrected chi connectivity index (χ2v) is 4.74. The van der Waals surface area contributed by atoms with Gasteiger partial charge in [0.1, 0.15) is 12.2 Å². The van der Waals surface area contributed by atoms with Crippen LogP contribution in [0.15, 0.2) is 0 Å². The fourth-order valence-electron chi connectivity index (χ4n) is 1.95. The van der Waals surface area contributed by atoms with Crippen LogP contribution in [-0.2, 0) is 19.2 Å². The zero-order valence-corrected chi connectivity index (χ0v) is 12.2. The summed E-state index contributed by atoms with van der Waals surface area (Å²) in [4.78, 5) is 47.9. The highest BCUT2D eigenvalue weighted by Gasteiger charge is 2.34. The molecule has 1 aromatic carbocycles. The summed E-state index contributed by atoms with van der Waals surface area (Å²) in [5, 5.41) is 12.8. The third kappa shape index (κ3) is 3.29. The molecule has 10 nitrogen and oxygen atoms in total. The molecule has 2 amide bonds. The minimum Gasteiger partial charge on any atom is -0.394 e. The van der Waals surface area contributed by atoms with Crippen molar-refractivity contribution in [3.8, 4) is 0 Å². The number of halogens is 3. The molecule has 1 heterocycles. The van der Waals surface area contributed by atoms with E-state index in [9.17, 15) is 37.7 Å². The summed E-state index contributed by atoms with van der Waals surface area (Å²) in [6, 6.07) is 0. The normalized spacial score (nSPS) is 14.0. The summed E-state index contributed by atoms with van der Waals surface area (Å²) in [6.45, 7) is -1.00. The van der Waals surface area contributed by atoms with Crippen molar-refractivity contribution in [2.24, 2.45) is 0 Å². The first-order valence-corrected chi connectivity index (χ1v) is 6.55. The Morgan fingerprint density at radius 3 is 2.28 bits per heavy atom. The van der Waals surface area contributed by atoms with Crippen LogP contribution in [0.25, 0.3) is 0 Å². The van der Waals surface area contributed by atoms with Crippen molar-refractivity contribution in [3.63, 3.8) is 0 Å². The highest BCUT2D eigenvalue weighted by Crippen LogP contribution is 2.36. The molecule has 0 radical (unpaired) electrons. The van der Waals surface area contributed by atoms with Crippen LogP contribution >= 0.6 is 0 Å². The molecule has 0 unspecified atom stereocenters. The predicted molar refractivity (Wildman–Crippen MR) is 73.1 cm³/mol. The number of anilines is 2. The number of nitrogen functional groups attached to an aromatic ring is 1. The van der Waals surface area contributed by atoms with E-state index in [1.165, 1.54) is 0 Å². The summed E-state index contributed by atoms with van der Waals surface area (Å²) in [5.74, 6) is -8.54. The molecular weight excluding hydrogens is 353 g/mol. The molecule has 2 rings (SSSR count). The average molecular weight is 362 g/mol. The summed E-state index contributed by atoms with van der Waals surface area (Å²) in [6.07, 6.45) is -0.335. The van der Waals surface area contributed by atoms with E-state index < -0.39 is 63.8 Å². The van der Waals surface area contributed by atoms with Crippen molar-refractivity contribution >= 4 is 34.8 Å². The second kappa shape index (κ2) is 6.62. The molecule has 1 aromatic rings. The van der Waals surface area contributed by atoms with Crippen molar-refractivity contribution in [2.75, 3.05) is 17.6 Å². The Labute approximate surface area is 136 Å². The summed E-state index contributed by atoms with van der Waals surface area (Å²) >= 11 is 0. The van der Waals surface area contributed by atoms with Crippen LogP contribution in [-0.4, -0.2) is 34.3 Å². The maximum absolute atomic E-state index is 13.9. The smallest absolute Gasteiger partial charge is 0.352 e. The fraction of sp³-hybridized carbons (Fsp3) is 0.250. The maximum atomic E-state index is 13.9. The molecule has 1 aliphatic heterocycles. The molecule has 0 aromatic heterocycles. The van der Waals surface area contributed by atoms with Crippen molar-refractivity contribution < 1.29 is 37.3 Å². The third-order valence-electron chi connectivity index (χ3n) is 3.12. The molecule has 0 aliphatic carbocycles. The van der Waals surface area contributed by atoms with Crippen molar-refractivity contribution in [1.29, 1.82) is 0 Å². The lowest BCUT2D eigenvalue weighted by atomic mass is 10.2. The number of carbonyl (C=O) groups excluding carboxylic acids is 3. The standard InChI is InChI=1S/C12H9F3N4O6/c13-7-8(14)12(19(23)24)11(9(15)10(7)16)17-3-6(22)25-18-4(20)1-2-5(18)21/h17H,1-3,16H2. The van der Waals surface area contributed by atoms with Gasteiger partial charge in [-0.25, -0.2) is 13.6 Å². The van der Waals surface area contributed by atoms with Crippen LogP contribution in [0, 0.1) is 27.6 Å². The first-order chi connectivity index (χ1) is 11.6. The molecule has 13 heteroatoms. The molecule has 134 valence electrons. The van der Waals surface area contributed by atoms with Crippen molar-refractivity contribution in [1.82, 2.24) is 5.06 Å². The second-order valence-electron chi connectivity index (χ2n) is 4.74. The molecule has 0 bridgehead atoms. The number of amides is 2. The number of nitro benzene ring substituents is 1. The first kappa shape index (κ1) is 18.0. The average Bonchev–Trinajstić information content (AvgIpc) is 2.86. The van der Waals surface area contributed by atoms with E-state index in [0.29, 0.717) is 0 Å². The number of rotatable bonds is 5. The van der Waals surface area contributed by atoms with E-state index in [1.807, 2.05) is 5.32 Å². The molecule has 0 spiro atoms. The van der Waals surface area contributed by atoms with Crippen molar-refractivity contribution in [2.45, 2.75) is 12.8 Å². The Balaban J connectivity index is 2.20. The summed E-state index contributed by atoms with van der Waals surface area (Å²) < 4.78 is 40.8. The topological polar surface area (TPSA) is 145 Å². The molecular formula is C12H9F3N4O6. The van der Waals surface area contributed by atoms with Gasteiger partial charge in [-0.3, -0.25) is 19.7 Å². The SMILES string of the molecule is Nc1c(F)c(F)c([N+](=O)[O-])c(NCC(=O)ON2C(=O)CCC2=O)c1F. The highest BCUT2D eigenvalue weighted by atomic mass is 19.2. The van der Waals surface area contributed by atoms with Gasteiger partial charge in [-0.05, 0) is 0 Å². The summed E-state index contributed by atoms with van der Waals surface area (Å²) in [5.41, 5.74) is 0.842. The number of imide groups is 1. The van der Waals surface area contributed by atoms with E-state index in [0.717, 1.165) is 0 Å². The van der Waals surface area contributed by atoms with E-state index in [1.54, 1.807) is 0 Å². The predicted octanol–water partition coefficient (Wildman–Crippen LogP) is 0.613. The lowest BCUT2D eigenvalue weighted by Gasteiger charge is -2.14. The number of benzene rings is 1. The zero-order chi connectivity index (χ0) is 18.9. The number of hydrogen-bond acceptors (Lipinski definition) is 8. The van der Waals surface area contributed by atoms with Gasteiger partial charge in [0.15, 0.2) is 17.3 Å².